The lowest BCUT2D eigenvalue weighted by Gasteiger charge is -2.20. The van der Waals surface area contributed by atoms with E-state index >= 15 is 0 Å². The van der Waals surface area contributed by atoms with Crippen LogP contribution in [0.2, 0.25) is 5.02 Å². The molecule has 5 nitrogen and oxygen atoms in total. The summed E-state index contributed by atoms with van der Waals surface area (Å²) in [6.45, 7) is 7.43. The molecule has 2 N–H and O–H groups in total. The normalized spacial score (nSPS) is 12.4. The van der Waals surface area contributed by atoms with Gasteiger partial charge < -0.3 is 15.4 Å². The van der Waals surface area contributed by atoms with E-state index in [1.165, 1.54) is 0 Å². The molecular weight excluding hydrogens is 304 g/mol. The first kappa shape index (κ1) is 18.3. The molecule has 1 aromatic rings. The predicted octanol–water partition coefficient (Wildman–Crippen LogP) is 3.43. The molecule has 0 aliphatic rings. The number of ether oxygens (including phenoxy) is 1. The molecule has 1 aromatic carbocycles. The Balaban J connectivity index is 2.35. The van der Waals surface area contributed by atoms with E-state index in [4.69, 9.17) is 16.3 Å². The van der Waals surface area contributed by atoms with Gasteiger partial charge in [0.1, 0.15) is 5.60 Å². The Labute approximate surface area is 136 Å². The summed E-state index contributed by atoms with van der Waals surface area (Å²) in [4.78, 5) is 23.3. The summed E-state index contributed by atoms with van der Waals surface area (Å²) in [5.74, 6) is -0.163. The Morgan fingerprint density at radius 2 is 1.91 bits per heavy atom. The maximum absolute atomic E-state index is 11.9. The zero-order valence-corrected chi connectivity index (χ0v) is 14.2. The number of carbonyl (C=O) groups is 2. The van der Waals surface area contributed by atoms with Crippen LogP contribution in [0.15, 0.2) is 24.3 Å². The maximum atomic E-state index is 11.9. The first-order valence-electron chi connectivity index (χ1n) is 7.19. The topological polar surface area (TPSA) is 67.4 Å². The van der Waals surface area contributed by atoms with Gasteiger partial charge in [-0.15, -0.1) is 0 Å². The van der Waals surface area contributed by atoms with Crippen molar-refractivity contribution in [1.82, 2.24) is 10.6 Å². The minimum absolute atomic E-state index is 0.163. The van der Waals surface area contributed by atoms with Crippen LogP contribution >= 0.6 is 11.6 Å². The molecule has 122 valence electrons. The molecule has 0 spiro atoms. The lowest BCUT2D eigenvalue weighted by molar-refractivity contribution is -0.121. The number of halogens is 1. The molecule has 0 aliphatic heterocycles. The zero-order chi connectivity index (χ0) is 16.8. The highest BCUT2D eigenvalue weighted by Crippen LogP contribution is 2.21. The van der Waals surface area contributed by atoms with Crippen LogP contribution in [-0.4, -0.2) is 24.1 Å². The molecule has 0 saturated carbocycles. The number of hydrogen-bond acceptors (Lipinski definition) is 3. The molecule has 0 aliphatic carbocycles. The highest BCUT2D eigenvalue weighted by molar-refractivity contribution is 6.31. The SMILES string of the molecule is CC(NC(=O)CCNC(=O)OC(C)(C)C)c1ccccc1Cl. The van der Waals surface area contributed by atoms with Crippen LogP contribution in [0.25, 0.3) is 0 Å². The number of alkyl carbamates (subject to hydrolysis) is 1. The Bertz CT molecular complexity index is 526. The van der Waals surface area contributed by atoms with E-state index in [0.29, 0.717) is 5.02 Å². The van der Waals surface area contributed by atoms with Crippen LogP contribution in [0.3, 0.4) is 0 Å². The summed E-state index contributed by atoms with van der Waals surface area (Å²) < 4.78 is 5.09. The van der Waals surface area contributed by atoms with Crippen molar-refractivity contribution in [3.05, 3.63) is 34.9 Å². The predicted molar refractivity (Wildman–Crippen MR) is 86.9 cm³/mol. The highest BCUT2D eigenvalue weighted by atomic mass is 35.5. The Morgan fingerprint density at radius 3 is 2.50 bits per heavy atom. The largest absolute Gasteiger partial charge is 0.444 e. The fourth-order valence-electron chi connectivity index (χ4n) is 1.81. The third-order valence-electron chi connectivity index (χ3n) is 2.77. The van der Waals surface area contributed by atoms with Gasteiger partial charge in [0.25, 0.3) is 0 Å². The fraction of sp³-hybridized carbons (Fsp3) is 0.500. The summed E-state index contributed by atoms with van der Waals surface area (Å²) in [5, 5.41) is 6.00. The van der Waals surface area contributed by atoms with E-state index in [-0.39, 0.29) is 24.9 Å². The smallest absolute Gasteiger partial charge is 0.407 e. The fourth-order valence-corrected chi connectivity index (χ4v) is 2.11. The Morgan fingerprint density at radius 1 is 1.27 bits per heavy atom. The van der Waals surface area contributed by atoms with Crippen molar-refractivity contribution in [3.63, 3.8) is 0 Å². The van der Waals surface area contributed by atoms with Crippen molar-refractivity contribution < 1.29 is 14.3 Å². The highest BCUT2D eigenvalue weighted by Gasteiger charge is 2.16. The molecule has 22 heavy (non-hydrogen) atoms. The summed E-state index contributed by atoms with van der Waals surface area (Å²) >= 11 is 6.09. The van der Waals surface area contributed by atoms with Gasteiger partial charge in [0.05, 0.1) is 6.04 Å². The Kier molecular flexibility index (Phi) is 6.68. The van der Waals surface area contributed by atoms with Crippen molar-refractivity contribution in [3.8, 4) is 0 Å². The van der Waals surface area contributed by atoms with Gasteiger partial charge >= 0.3 is 6.09 Å². The molecular formula is C16H23ClN2O3. The van der Waals surface area contributed by atoms with Crippen molar-refractivity contribution in [2.75, 3.05) is 6.54 Å². The quantitative estimate of drug-likeness (QED) is 0.871. The monoisotopic (exact) mass is 326 g/mol. The summed E-state index contributed by atoms with van der Waals surface area (Å²) in [7, 11) is 0. The molecule has 0 aromatic heterocycles. The summed E-state index contributed by atoms with van der Waals surface area (Å²) in [6, 6.07) is 7.16. The van der Waals surface area contributed by atoms with E-state index < -0.39 is 11.7 Å². The van der Waals surface area contributed by atoms with Gasteiger partial charge in [0, 0.05) is 18.0 Å². The van der Waals surface area contributed by atoms with Crippen LogP contribution < -0.4 is 10.6 Å². The average molecular weight is 327 g/mol. The minimum Gasteiger partial charge on any atom is -0.444 e. The van der Waals surface area contributed by atoms with Gasteiger partial charge in [0.15, 0.2) is 0 Å². The van der Waals surface area contributed by atoms with Crippen LogP contribution in [0, 0.1) is 0 Å². The number of amides is 2. The lowest BCUT2D eigenvalue weighted by Crippen LogP contribution is -2.35. The Hall–Kier alpha value is -1.75. The van der Waals surface area contributed by atoms with Crippen LogP contribution in [-0.2, 0) is 9.53 Å². The van der Waals surface area contributed by atoms with Crippen molar-refractivity contribution in [2.24, 2.45) is 0 Å². The zero-order valence-electron chi connectivity index (χ0n) is 13.4. The molecule has 0 heterocycles. The van der Waals surface area contributed by atoms with Gasteiger partial charge in [-0.3, -0.25) is 4.79 Å². The lowest BCUT2D eigenvalue weighted by atomic mass is 10.1. The van der Waals surface area contributed by atoms with Crippen molar-refractivity contribution >= 4 is 23.6 Å². The average Bonchev–Trinajstić information content (AvgIpc) is 2.36. The molecule has 0 radical (unpaired) electrons. The van der Waals surface area contributed by atoms with Gasteiger partial charge in [-0.2, -0.15) is 0 Å². The summed E-state index contributed by atoms with van der Waals surface area (Å²) in [6.07, 6.45) is -0.354. The number of benzene rings is 1. The van der Waals surface area contributed by atoms with E-state index in [1.54, 1.807) is 26.8 Å². The molecule has 0 saturated heterocycles. The molecule has 1 unspecified atom stereocenters. The van der Waals surface area contributed by atoms with E-state index in [0.717, 1.165) is 5.56 Å². The number of rotatable bonds is 5. The summed E-state index contributed by atoms with van der Waals surface area (Å²) in [5.41, 5.74) is 0.308. The van der Waals surface area contributed by atoms with Gasteiger partial charge in [-0.25, -0.2) is 4.79 Å². The van der Waals surface area contributed by atoms with E-state index in [1.807, 2.05) is 25.1 Å². The number of carbonyl (C=O) groups excluding carboxylic acids is 2. The van der Waals surface area contributed by atoms with Crippen LogP contribution in [0.1, 0.15) is 45.7 Å². The molecule has 1 atom stereocenters. The third kappa shape index (κ3) is 6.80. The van der Waals surface area contributed by atoms with Crippen LogP contribution in [0.4, 0.5) is 4.79 Å². The van der Waals surface area contributed by atoms with Gasteiger partial charge in [0.2, 0.25) is 5.91 Å². The maximum Gasteiger partial charge on any atom is 0.407 e. The minimum atomic E-state index is -0.551. The second kappa shape index (κ2) is 8.03. The molecule has 1 rings (SSSR count). The first-order valence-corrected chi connectivity index (χ1v) is 7.57. The van der Waals surface area contributed by atoms with Crippen molar-refractivity contribution in [2.45, 2.75) is 45.8 Å². The molecule has 2 amide bonds. The second-order valence-electron chi connectivity index (χ2n) is 5.99. The second-order valence-corrected chi connectivity index (χ2v) is 6.40. The van der Waals surface area contributed by atoms with Crippen molar-refractivity contribution in [1.29, 1.82) is 0 Å². The first-order chi connectivity index (χ1) is 10.2. The number of nitrogens with one attached hydrogen (secondary N) is 2. The molecule has 6 heteroatoms. The van der Waals surface area contributed by atoms with Gasteiger partial charge in [-0.05, 0) is 39.3 Å². The van der Waals surface area contributed by atoms with E-state index in [9.17, 15) is 9.59 Å². The molecule has 0 bridgehead atoms. The molecule has 0 fully saturated rings. The number of hydrogen-bond donors (Lipinski definition) is 2. The van der Waals surface area contributed by atoms with Crippen LogP contribution in [0.5, 0.6) is 0 Å². The van der Waals surface area contributed by atoms with E-state index in [2.05, 4.69) is 10.6 Å². The third-order valence-corrected chi connectivity index (χ3v) is 3.11. The van der Waals surface area contributed by atoms with Gasteiger partial charge in [-0.1, -0.05) is 29.8 Å². The standard InChI is InChI=1S/C16H23ClN2O3/c1-11(12-7-5-6-8-13(12)17)19-14(20)9-10-18-15(21)22-16(2,3)4/h5-8,11H,9-10H2,1-4H3,(H,18,21)(H,19,20).